The molecule has 0 aromatic rings. The molecule has 68 valence electrons. The highest BCUT2D eigenvalue weighted by Crippen LogP contribution is 1.84. The Morgan fingerprint density at radius 2 is 2.33 bits per heavy atom. The number of nitrogens with two attached hydrogens (primary N) is 1. The molecule has 5 nitrogen and oxygen atoms in total. The predicted molar refractivity (Wildman–Crippen MR) is 43.2 cm³/mol. The number of hydrogen-bond acceptors (Lipinski definition) is 4. The first-order valence-corrected chi connectivity index (χ1v) is 3.40. The molecule has 0 unspecified atom stereocenters. The van der Waals surface area contributed by atoms with Gasteiger partial charge in [0, 0.05) is 19.7 Å². The summed E-state index contributed by atoms with van der Waals surface area (Å²) in [5.41, 5.74) is 5.03. The molecule has 5 heteroatoms. The second kappa shape index (κ2) is 6.36. The summed E-state index contributed by atoms with van der Waals surface area (Å²) in [6.07, 6.45) is 1.58. The van der Waals surface area contributed by atoms with Crippen molar-refractivity contribution >= 4 is 12.2 Å². The van der Waals surface area contributed by atoms with Gasteiger partial charge in [0.15, 0.2) is 0 Å². The molecule has 0 rings (SSSR count). The predicted octanol–water partition coefficient (Wildman–Crippen LogP) is -1.21. The SMILES string of the molecule is COCCNC(=CC=O)C(N)=O. The smallest absolute Gasteiger partial charge is 0.264 e. The Labute approximate surface area is 70.6 Å². The molecule has 0 saturated heterocycles. The third kappa shape index (κ3) is 4.45. The van der Waals surface area contributed by atoms with Gasteiger partial charge in [-0.15, -0.1) is 0 Å². The van der Waals surface area contributed by atoms with Crippen molar-refractivity contribution in [1.29, 1.82) is 0 Å². The van der Waals surface area contributed by atoms with Crippen LogP contribution in [0.3, 0.4) is 0 Å². The first kappa shape index (κ1) is 10.6. The molecule has 0 fully saturated rings. The summed E-state index contributed by atoms with van der Waals surface area (Å²) in [5.74, 6) is -0.654. The highest BCUT2D eigenvalue weighted by atomic mass is 16.5. The number of methoxy groups -OCH3 is 1. The summed E-state index contributed by atoms with van der Waals surface area (Å²) in [6, 6.07) is 0. The number of rotatable bonds is 6. The van der Waals surface area contributed by atoms with E-state index in [1.54, 1.807) is 0 Å². The molecule has 0 radical (unpaired) electrons. The van der Waals surface area contributed by atoms with Crippen LogP contribution in [-0.4, -0.2) is 32.5 Å². The Kier molecular flexibility index (Phi) is 5.64. The zero-order chi connectivity index (χ0) is 9.40. The van der Waals surface area contributed by atoms with E-state index in [2.05, 4.69) is 5.32 Å². The van der Waals surface area contributed by atoms with Crippen LogP contribution in [0.4, 0.5) is 0 Å². The Hall–Kier alpha value is -1.36. The van der Waals surface area contributed by atoms with Crippen molar-refractivity contribution in [3.63, 3.8) is 0 Å². The van der Waals surface area contributed by atoms with Crippen molar-refractivity contribution in [3.8, 4) is 0 Å². The second-order valence-electron chi connectivity index (χ2n) is 2.00. The van der Waals surface area contributed by atoms with Gasteiger partial charge in [0.2, 0.25) is 0 Å². The van der Waals surface area contributed by atoms with Crippen molar-refractivity contribution in [1.82, 2.24) is 5.32 Å². The number of allylic oxidation sites excluding steroid dienone is 1. The van der Waals surface area contributed by atoms with E-state index in [1.807, 2.05) is 0 Å². The Balaban J connectivity index is 3.89. The number of ether oxygens (including phenoxy) is 1. The zero-order valence-corrected chi connectivity index (χ0v) is 6.87. The van der Waals surface area contributed by atoms with E-state index >= 15 is 0 Å². The molecule has 0 aliphatic heterocycles. The first-order chi connectivity index (χ1) is 5.72. The minimum absolute atomic E-state index is 0.0991. The number of amides is 1. The third-order valence-electron chi connectivity index (χ3n) is 1.12. The fourth-order valence-corrected chi connectivity index (χ4v) is 0.584. The van der Waals surface area contributed by atoms with Crippen LogP contribution in [0.15, 0.2) is 11.8 Å². The molecule has 1 amide bonds. The van der Waals surface area contributed by atoms with Crippen molar-refractivity contribution in [2.24, 2.45) is 5.73 Å². The average molecular weight is 172 g/mol. The fourth-order valence-electron chi connectivity index (χ4n) is 0.584. The van der Waals surface area contributed by atoms with Gasteiger partial charge >= 0.3 is 0 Å². The largest absolute Gasteiger partial charge is 0.383 e. The van der Waals surface area contributed by atoms with Gasteiger partial charge < -0.3 is 15.8 Å². The summed E-state index contributed by atoms with van der Waals surface area (Å²) >= 11 is 0. The van der Waals surface area contributed by atoms with E-state index in [1.165, 1.54) is 7.11 Å². The van der Waals surface area contributed by atoms with Gasteiger partial charge in [-0.2, -0.15) is 0 Å². The zero-order valence-electron chi connectivity index (χ0n) is 6.87. The Morgan fingerprint density at radius 1 is 1.67 bits per heavy atom. The topological polar surface area (TPSA) is 81.4 Å². The van der Waals surface area contributed by atoms with Crippen LogP contribution in [0.2, 0.25) is 0 Å². The van der Waals surface area contributed by atoms with Gasteiger partial charge in [-0.25, -0.2) is 0 Å². The molecule has 0 aromatic heterocycles. The lowest BCUT2D eigenvalue weighted by molar-refractivity contribution is -0.115. The quantitative estimate of drug-likeness (QED) is 0.299. The molecular formula is C7H12N2O3. The summed E-state index contributed by atoms with van der Waals surface area (Å²) in [4.78, 5) is 20.6. The molecule has 0 aliphatic carbocycles. The van der Waals surface area contributed by atoms with Gasteiger partial charge in [-0.1, -0.05) is 0 Å². The standard InChI is InChI=1S/C7H12N2O3/c1-12-5-3-9-6(2-4-10)7(8)11/h2,4,9H,3,5H2,1H3,(H2,8,11). The van der Waals surface area contributed by atoms with Gasteiger partial charge in [-0.05, 0) is 0 Å². The maximum Gasteiger partial charge on any atom is 0.264 e. The number of hydrogen-bond donors (Lipinski definition) is 2. The van der Waals surface area contributed by atoms with Crippen LogP contribution in [0.25, 0.3) is 0 Å². The van der Waals surface area contributed by atoms with Gasteiger partial charge in [-0.3, -0.25) is 9.59 Å². The highest BCUT2D eigenvalue weighted by Gasteiger charge is 2.01. The number of primary amides is 1. The molecular weight excluding hydrogens is 160 g/mol. The third-order valence-corrected chi connectivity index (χ3v) is 1.12. The van der Waals surface area contributed by atoms with Crippen LogP contribution in [0.5, 0.6) is 0 Å². The molecule has 0 atom stereocenters. The first-order valence-electron chi connectivity index (χ1n) is 3.40. The summed E-state index contributed by atoms with van der Waals surface area (Å²) in [6.45, 7) is 0.891. The highest BCUT2D eigenvalue weighted by molar-refractivity contribution is 5.94. The lowest BCUT2D eigenvalue weighted by Gasteiger charge is -2.04. The van der Waals surface area contributed by atoms with Gasteiger partial charge in [0.25, 0.3) is 5.91 Å². The van der Waals surface area contributed by atoms with Gasteiger partial charge in [0.1, 0.15) is 12.0 Å². The molecule has 0 aliphatic rings. The van der Waals surface area contributed by atoms with Crippen molar-refractivity contribution in [3.05, 3.63) is 11.8 Å². The van der Waals surface area contributed by atoms with Crippen LogP contribution in [0, 0.1) is 0 Å². The van der Waals surface area contributed by atoms with Crippen molar-refractivity contribution in [2.45, 2.75) is 0 Å². The Morgan fingerprint density at radius 3 is 2.75 bits per heavy atom. The molecule has 0 heterocycles. The molecule has 0 aromatic carbocycles. The normalized spacial score (nSPS) is 10.9. The van der Waals surface area contributed by atoms with E-state index < -0.39 is 5.91 Å². The minimum Gasteiger partial charge on any atom is -0.383 e. The lowest BCUT2D eigenvalue weighted by atomic mass is 10.4. The Bertz CT molecular complexity index is 189. The maximum absolute atomic E-state index is 10.6. The number of nitrogens with one attached hydrogen (secondary N) is 1. The van der Waals surface area contributed by atoms with Crippen molar-refractivity contribution < 1.29 is 14.3 Å². The summed E-state index contributed by atoms with van der Waals surface area (Å²) < 4.78 is 4.72. The molecule has 3 N–H and O–H groups in total. The molecule has 0 bridgehead atoms. The molecule has 0 saturated carbocycles. The number of aldehydes is 1. The van der Waals surface area contributed by atoms with Crippen LogP contribution in [-0.2, 0) is 14.3 Å². The van der Waals surface area contributed by atoms with E-state index in [0.29, 0.717) is 19.4 Å². The minimum atomic E-state index is -0.654. The number of carbonyl (C=O) groups excluding carboxylic acids is 2. The van der Waals surface area contributed by atoms with Crippen molar-refractivity contribution in [2.75, 3.05) is 20.3 Å². The molecule has 0 spiro atoms. The van der Waals surface area contributed by atoms with E-state index in [9.17, 15) is 9.59 Å². The summed E-state index contributed by atoms with van der Waals surface area (Å²) in [7, 11) is 1.54. The fraction of sp³-hybridized carbons (Fsp3) is 0.429. The van der Waals surface area contributed by atoms with E-state index in [-0.39, 0.29) is 5.70 Å². The van der Waals surface area contributed by atoms with Crippen LogP contribution < -0.4 is 11.1 Å². The lowest BCUT2D eigenvalue weighted by Crippen LogP contribution is -2.28. The maximum atomic E-state index is 10.6. The molecule has 12 heavy (non-hydrogen) atoms. The second-order valence-corrected chi connectivity index (χ2v) is 2.00. The van der Waals surface area contributed by atoms with Gasteiger partial charge in [0.05, 0.1) is 6.61 Å². The van der Waals surface area contributed by atoms with Crippen LogP contribution >= 0.6 is 0 Å². The number of carbonyl (C=O) groups is 2. The van der Waals surface area contributed by atoms with Crippen LogP contribution in [0.1, 0.15) is 0 Å². The summed E-state index contributed by atoms with van der Waals surface area (Å²) in [5, 5.41) is 2.65. The average Bonchev–Trinajstić information content (AvgIpc) is 2.03. The van der Waals surface area contributed by atoms with E-state index in [4.69, 9.17) is 10.5 Å². The monoisotopic (exact) mass is 172 g/mol. The van der Waals surface area contributed by atoms with E-state index in [0.717, 1.165) is 6.08 Å².